The third kappa shape index (κ3) is 4.11. The number of hydrogen-bond donors (Lipinski definition) is 0. The molecule has 0 radical (unpaired) electrons. The van der Waals surface area contributed by atoms with Gasteiger partial charge in [-0.05, 0) is 32.4 Å². The molecule has 0 aliphatic carbocycles. The fourth-order valence-electron chi connectivity index (χ4n) is 2.44. The Bertz CT molecular complexity index is 615. The second-order valence-electron chi connectivity index (χ2n) is 6.03. The summed E-state index contributed by atoms with van der Waals surface area (Å²) in [6, 6.07) is 7.14. The Kier molecular flexibility index (Phi) is 5.58. The summed E-state index contributed by atoms with van der Waals surface area (Å²) in [5.74, 6) is -1.82. The Morgan fingerprint density at radius 2 is 2.00 bits per heavy atom. The number of aryl methyl sites for hydroxylation is 1. The second-order valence-corrected chi connectivity index (χ2v) is 6.03. The first-order chi connectivity index (χ1) is 11.2. The third-order valence-corrected chi connectivity index (χ3v) is 3.73. The monoisotopic (exact) mass is 337 g/mol. The van der Waals surface area contributed by atoms with Gasteiger partial charge in [-0.3, -0.25) is 9.63 Å². The number of carbonyl (C=O) groups is 2. The Labute approximate surface area is 141 Å². The molecule has 1 aliphatic rings. The van der Waals surface area contributed by atoms with Crippen LogP contribution in [-0.4, -0.2) is 55.7 Å². The van der Waals surface area contributed by atoms with Crippen molar-refractivity contribution in [3.05, 3.63) is 35.4 Å². The highest BCUT2D eigenvalue weighted by Crippen LogP contribution is 2.26. The van der Waals surface area contributed by atoms with Gasteiger partial charge in [0.05, 0.1) is 13.7 Å². The number of amides is 1. The largest absolute Gasteiger partial charge is 0.467 e. The number of rotatable bonds is 5. The average Bonchev–Trinajstić information content (AvgIpc) is 2.91. The van der Waals surface area contributed by atoms with Crippen molar-refractivity contribution in [2.75, 3.05) is 20.8 Å². The van der Waals surface area contributed by atoms with Gasteiger partial charge in [-0.25, -0.2) is 9.86 Å². The lowest BCUT2D eigenvalue weighted by Crippen LogP contribution is -2.45. The molecule has 7 nitrogen and oxygen atoms in total. The number of ether oxygens (including phenoxy) is 3. The van der Waals surface area contributed by atoms with Gasteiger partial charge >= 0.3 is 5.97 Å². The number of hydroxylamine groups is 2. The van der Waals surface area contributed by atoms with Crippen LogP contribution in [0.1, 0.15) is 29.8 Å². The quantitative estimate of drug-likeness (QED) is 0.601. The Morgan fingerprint density at radius 3 is 2.54 bits per heavy atom. The van der Waals surface area contributed by atoms with E-state index in [0.29, 0.717) is 5.56 Å². The minimum absolute atomic E-state index is 0.166. The van der Waals surface area contributed by atoms with Gasteiger partial charge in [0.2, 0.25) is 6.10 Å². The van der Waals surface area contributed by atoms with Crippen molar-refractivity contribution < 1.29 is 28.6 Å². The van der Waals surface area contributed by atoms with E-state index >= 15 is 0 Å². The lowest BCUT2D eigenvalue weighted by molar-refractivity contribution is -0.214. The smallest absolute Gasteiger partial charge is 0.340 e. The molecule has 0 N–H and O–H groups in total. The van der Waals surface area contributed by atoms with Crippen LogP contribution in [0.2, 0.25) is 0 Å². The summed E-state index contributed by atoms with van der Waals surface area (Å²) in [7, 11) is 2.70. The second kappa shape index (κ2) is 7.29. The molecule has 1 unspecified atom stereocenters. The Hall–Kier alpha value is -1.96. The van der Waals surface area contributed by atoms with Gasteiger partial charge < -0.3 is 14.2 Å². The van der Waals surface area contributed by atoms with Gasteiger partial charge in [0, 0.05) is 12.6 Å². The summed E-state index contributed by atoms with van der Waals surface area (Å²) in [4.78, 5) is 30.1. The van der Waals surface area contributed by atoms with E-state index in [1.807, 2.05) is 19.1 Å². The molecule has 1 fully saturated rings. The predicted octanol–water partition coefficient (Wildman–Crippen LogP) is 1.69. The Balaban J connectivity index is 2.13. The molecule has 1 aliphatic heterocycles. The van der Waals surface area contributed by atoms with Crippen molar-refractivity contribution in [3.63, 3.8) is 0 Å². The van der Waals surface area contributed by atoms with Crippen LogP contribution in [0.3, 0.4) is 0 Å². The van der Waals surface area contributed by atoms with Crippen LogP contribution in [0, 0.1) is 6.92 Å². The number of carbonyl (C=O) groups excluding carboxylic acids is 2. The molecule has 1 heterocycles. The standard InChI is InChI=1S/C17H23NO6/c1-11-8-6-7-9-12(11)15(19)18(4)24-14(16(20)21-5)13-10-22-17(2,3)23-13/h6-9,13-14H,10H2,1-5H3/t13-,14?/m0/s1. The summed E-state index contributed by atoms with van der Waals surface area (Å²) in [5.41, 5.74) is 1.31. The molecule has 2 atom stereocenters. The van der Waals surface area contributed by atoms with Gasteiger partial charge in [-0.15, -0.1) is 0 Å². The Morgan fingerprint density at radius 1 is 1.33 bits per heavy atom. The van der Waals surface area contributed by atoms with Crippen LogP contribution in [-0.2, 0) is 23.8 Å². The van der Waals surface area contributed by atoms with Crippen LogP contribution >= 0.6 is 0 Å². The molecule has 1 amide bonds. The number of esters is 1. The molecule has 132 valence electrons. The molecule has 24 heavy (non-hydrogen) atoms. The fraction of sp³-hybridized carbons (Fsp3) is 0.529. The highest BCUT2D eigenvalue weighted by molar-refractivity contribution is 5.94. The zero-order chi connectivity index (χ0) is 17.9. The van der Waals surface area contributed by atoms with E-state index in [4.69, 9.17) is 19.0 Å². The molecule has 0 aromatic heterocycles. The molecule has 1 aromatic carbocycles. The van der Waals surface area contributed by atoms with E-state index in [1.165, 1.54) is 14.2 Å². The molecule has 0 bridgehead atoms. The topological polar surface area (TPSA) is 74.3 Å². The minimum Gasteiger partial charge on any atom is -0.467 e. The number of hydrogen-bond acceptors (Lipinski definition) is 6. The van der Waals surface area contributed by atoms with Crippen molar-refractivity contribution in [2.45, 2.75) is 38.8 Å². The van der Waals surface area contributed by atoms with Crippen molar-refractivity contribution in [3.8, 4) is 0 Å². The fourth-order valence-corrected chi connectivity index (χ4v) is 2.44. The third-order valence-electron chi connectivity index (χ3n) is 3.73. The van der Waals surface area contributed by atoms with Crippen LogP contribution in [0.15, 0.2) is 24.3 Å². The maximum atomic E-state index is 12.5. The highest BCUT2D eigenvalue weighted by Gasteiger charge is 2.43. The maximum absolute atomic E-state index is 12.5. The first-order valence-corrected chi connectivity index (χ1v) is 7.65. The molecule has 0 saturated carbocycles. The van der Waals surface area contributed by atoms with Gasteiger partial charge in [-0.1, -0.05) is 18.2 Å². The summed E-state index contributed by atoms with van der Waals surface area (Å²) < 4.78 is 15.9. The zero-order valence-corrected chi connectivity index (χ0v) is 14.6. The van der Waals surface area contributed by atoms with Crippen molar-refractivity contribution >= 4 is 11.9 Å². The zero-order valence-electron chi connectivity index (χ0n) is 14.6. The first kappa shape index (κ1) is 18.4. The van der Waals surface area contributed by atoms with Crippen molar-refractivity contribution in [2.24, 2.45) is 0 Å². The average molecular weight is 337 g/mol. The molecular formula is C17H23NO6. The summed E-state index contributed by atoms with van der Waals surface area (Å²) in [5, 5.41) is 1.03. The predicted molar refractivity (Wildman–Crippen MR) is 85.1 cm³/mol. The molecule has 2 rings (SSSR count). The van der Waals surface area contributed by atoms with E-state index in [9.17, 15) is 9.59 Å². The minimum atomic E-state index is -1.10. The van der Waals surface area contributed by atoms with Crippen LogP contribution in [0.4, 0.5) is 0 Å². The van der Waals surface area contributed by atoms with Gasteiger partial charge in [-0.2, -0.15) is 0 Å². The van der Waals surface area contributed by atoms with Crippen LogP contribution in [0.5, 0.6) is 0 Å². The van der Waals surface area contributed by atoms with Crippen molar-refractivity contribution in [1.29, 1.82) is 0 Å². The maximum Gasteiger partial charge on any atom is 0.340 e. The van der Waals surface area contributed by atoms with E-state index in [2.05, 4.69) is 0 Å². The normalized spacial score (nSPS) is 20.5. The molecular weight excluding hydrogens is 314 g/mol. The summed E-state index contributed by atoms with van der Waals surface area (Å²) >= 11 is 0. The van der Waals surface area contributed by atoms with Gasteiger partial charge in [0.15, 0.2) is 5.79 Å². The van der Waals surface area contributed by atoms with E-state index in [-0.39, 0.29) is 12.5 Å². The van der Waals surface area contributed by atoms with E-state index < -0.39 is 24.0 Å². The van der Waals surface area contributed by atoms with Crippen LogP contribution < -0.4 is 0 Å². The molecule has 1 aromatic rings. The SMILES string of the molecule is COC(=O)C(ON(C)C(=O)c1ccccc1C)[C@@H]1COC(C)(C)O1. The molecule has 7 heteroatoms. The lowest BCUT2D eigenvalue weighted by atomic mass is 10.1. The number of benzene rings is 1. The van der Waals surface area contributed by atoms with Crippen LogP contribution in [0.25, 0.3) is 0 Å². The van der Waals surface area contributed by atoms with Gasteiger partial charge in [0.1, 0.15) is 6.10 Å². The number of nitrogens with zero attached hydrogens (tertiary/aromatic N) is 1. The molecule has 1 saturated heterocycles. The summed E-state index contributed by atoms with van der Waals surface area (Å²) in [6.45, 7) is 5.47. The lowest BCUT2D eigenvalue weighted by Gasteiger charge is -2.26. The summed E-state index contributed by atoms with van der Waals surface area (Å²) in [6.07, 6.45) is -1.77. The first-order valence-electron chi connectivity index (χ1n) is 7.65. The van der Waals surface area contributed by atoms with E-state index in [1.54, 1.807) is 26.0 Å². The number of methoxy groups -OCH3 is 1. The van der Waals surface area contributed by atoms with E-state index in [0.717, 1.165) is 10.6 Å². The molecule has 0 spiro atoms. The highest BCUT2D eigenvalue weighted by atomic mass is 16.8. The van der Waals surface area contributed by atoms with Crippen molar-refractivity contribution in [1.82, 2.24) is 5.06 Å². The van der Waals surface area contributed by atoms with Gasteiger partial charge in [0.25, 0.3) is 5.91 Å².